The number of methoxy groups -OCH3 is 2. The van der Waals surface area contributed by atoms with E-state index in [9.17, 15) is 18.0 Å². The number of rotatable bonds is 15. The molecule has 1 unspecified atom stereocenters. The van der Waals surface area contributed by atoms with Crippen LogP contribution in [0.3, 0.4) is 0 Å². The van der Waals surface area contributed by atoms with Crippen molar-refractivity contribution < 1.29 is 27.5 Å². The molecule has 0 aliphatic carbocycles. The Morgan fingerprint density at radius 1 is 0.909 bits per heavy atom. The summed E-state index contributed by atoms with van der Waals surface area (Å²) in [5.41, 5.74) is 1.84. The van der Waals surface area contributed by atoms with E-state index in [2.05, 4.69) is 5.32 Å². The van der Waals surface area contributed by atoms with Gasteiger partial charge in [0.05, 0.1) is 34.8 Å². The van der Waals surface area contributed by atoms with Crippen LogP contribution in [0, 0.1) is 6.92 Å². The number of benzene rings is 3. The van der Waals surface area contributed by atoms with Gasteiger partial charge < -0.3 is 19.7 Å². The molecule has 0 radical (unpaired) electrons. The summed E-state index contributed by atoms with van der Waals surface area (Å²) in [7, 11) is -1.44. The van der Waals surface area contributed by atoms with Gasteiger partial charge in [0, 0.05) is 19.2 Å². The maximum Gasteiger partial charge on any atom is 0.264 e. The number of carbonyl (C=O) groups is 2. The zero-order valence-corrected chi connectivity index (χ0v) is 27.9. The van der Waals surface area contributed by atoms with Crippen molar-refractivity contribution in [3.05, 3.63) is 81.8 Å². The van der Waals surface area contributed by atoms with Crippen molar-refractivity contribution in [3.8, 4) is 11.5 Å². The second kappa shape index (κ2) is 16.0. The van der Waals surface area contributed by atoms with Crippen LogP contribution in [0.15, 0.2) is 65.6 Å². The van der Waals surface area contributed by atoms with Crippen LogP contribution in [0.5, 0.6) is 11.5 Å². The summed E-state index contributed by atoms with van der Waals surface area (Å²) < 4.78 is 40.0. The smallest absolute Gasteiger partial charge is 0.264 e. The lowest BCUT2D eigenvalue weighted by atomic mass is 10.1. The molecule has 0 bridgehead atoms. The van der Waals surface area contributed by atoms with Crippen LogP contribution in [0.25, 0.3) is 0 Å². The van der Waals surface area contributed by atoms with Crippen LogP contribution >= 0.6 is 23.2 Å². The van der Waals surface area contributed by atoms with Crippen molar-refractivity contribution in [3.63, 3.8) is 0 Å². The first kappa shape index (κ1) is 35.0. The first-order chi connectivity index (χ1) is 21.0. The van der Waals surface area contributed by atoms with Gasteiger partial charge in [0.15, 0.2) is 11.5 Å². The number of unbranched alkanes of at least 4 members (excludes halogenated alkanes) is 1. The number of nitrogens with zero attached hydrogens (tertiary/aromatic N) is 2. The Morgan fingerprint density at radius 2 is 1.59 bits per heavy atom. The lowest BCUT2D eigenvalue weighted by Crippen LogP contribution is -2.52. The van der Waals surface area contributed by atoms with E-state index >= 15 is 0 Å². The van der Waals surface area contributed by atoms with E-state index in [4.69, 9.17) is 32.7 Å². The lowest BCUT2D eigenvalue weighted by molar-refractivity contribution is -0.140. The summed E-state index contributed by atoms with van der Waals surface area (Å²) in [4.78, 5) is 28.9. The normalized spacial score (nSPS) is 11.9. The molecule has 44 heavy (non-hydrogen) atoms. The summed E-state index contributed by atoms with van der Waals surface area (Å²) in [6.45, 7) is 5.60. The van der Waals surface area contributed by atoms with Crippen molar-refractivity contribution in [2.45, 2.75) is 57.5 Å². The number of ether oxygens (including phenoxy) is 2. The van der Waals surface area contributed by atoms with E-state index in [1.54, 1.807) is 49.4 Å². The van der Waals surface area contributed by atoms with E-state index in [1.807, 2.05) is 13.8 Å². The molecule has 3 rings (SSSR count). The standard InChI is InChI=1S/C32H39Cl2N3O6S/c1-6-8-17-35-32(39)28(7-2)36(20-23-11-15-26(33)27(34)18-23)31(38)21-37(24-12-9-22(3)10-13-24)44(40,41)25-14-16-29(42-4)30(19-25)43-5/h9-16,18-19,28H,6-8,17,20-21H2,1-5H3,(H,35,39). The molecule has 0 saturated heterocycles. The molecular weight excluding hydrogens is 625 g/mol. The molecule has 0 heterocycles. The highest BCUT2D eigenvalue weighted by molar-refractivity contribution is 7.92. The quantitative estimate of drug-likeness (QED) is 0.193. The Bertz CT molecular complexity index is 1550. The molecule has 12 heteroatoms. The summed E-state index contributed by atoms with van der Waals surface area (Å²) in [6.07, 6.45) is 1.98. The van der Waals surface area contributed by atoms with E-state index in [-0.39, 0.29) is 28.8 Å². The molecule has 0 saturated carbocycles. The fourth-order valence-electron chi connectivity index (χ4n) is 4.60. The fourth-order valence-corrected chi connectivity index (χ4v) is 6.36. The van der Waals surface area contributed by atoms with Crippen molar-refractivity contribution in [1.82, 2.24) is 10.2 Å². The SMILES string of the molecule is CCCCNC(=O)C(CC)N(Cc1ccc(Cl)c(Cl)c1)C(=O)CN(c1ccc(C)cc1)S(=O)(=O)c1ccc(OC)c(OC)c1. The second-order valence-corrected chi connectivity index (χ2v) is 12.9. The molecule has 0 aromatic heterocycles. The van der Waals surface area contributed by atoms with E-state index < -0.39 is 28.5 Å². The number of nitrogens with one attached hydrogen (secondary N) is 1. The van der Waals surface area contributed by atoms with Crippen LogP contribution in [-0.2, 0) is 26.2 Å². The summed E-state index contributed by atoms with van der Waals surface area (Å²) in [6, 6.07) is 15.1. The van der Waals surface area contributed by atoms with Gasteiger partial charge in [-0.25, -0.2) is 8.42 Å². The number of anilines is 1. The number of amides is 2. The van der Waals surface area contributed by atoms with Crippen molar-refractivity contribution in [1.29, 1.82) is 0 Å². The molecule has 0 fully saturated rings. The average Bonchev–Trinajstić information content (AvgIpc) is 3.01. The predicted molar refractivity (Wildman–Crippen MR) is 174 cm³/mol. The van der Waals surface area contributed by atoms with E-state index in [1.165, 1.54) is 37.3 Å². The van der Waals surface area contributed by atoms with Crippen LogP contribution in [0.1, 0.15) is 44.2 Å². The minimum Gasteiger partial charge on any atom is -0.493 e. The number of halogens is 2. The van der Waals surface area contributed by atoms with Gasteiger partial charge in [0.2, 0.25) is 11.8 Å². The molecule has 238 valence electrons. The first-order valence-electron chi connectivity index (χ1n) is 14.3. The monoisotopic (exact) mass is 663 g/mol. The molecule has 3 aromatic carbocycles. The van der Waals surface area contributed by atoms with Crippen LogP contribution in [0.2, 0.25) is 10.0 Å². The molecule has 9 nitrogen and oxygen atoms in total. The number of aryl methyl sites for hydroxylation is 1. The maximum atomic E-state index is 14.2. The lowest BCUT2D eigenvalue weighted by Gasteiger charge is -2.33. The zero-order valence-electron chi connectivity index (χ0n) is 25.6. The second-order valence-electron chi connectivity index (χ2n) is 10.2. The number of hydrogen-bond acceptors (Lipinski definition) is 6. The highest BCUT2D eigenvalue weighted by atomic mass is 35.5. The summed E-state index contributed by atoms with van der Waals surface area (Å²) in [5, 5.41) is 3.56. The number of carbonyl (C=O) groups excluding carboxylic acids is 2. The Hall–Kier alpha value is -3.47. The van der Waals surface area contributed by atoms with Gasteiger partial charge in [0.25, 0.3) is 10.0 Å². The third-order valence-corrected chi connectivity index (χ3v) is 9.61. The van der Waals surface area contributed by atoms with E-state index in [0.717, 1.165) is 22.7 Å². The van der Waals surface area contributed by atoms with E-state index in [0.29, 0.717) is 34.3 Å². The third-order valence-electron chi connectivity index (χ3n) is 7.10. The minimum absolute atomic E-state index is 0.00751. The Morgan fingerprint density at radius 3 is 2.18 bits per heavy atom. The van der Waals surface area contributed by atoms with Gasteiger partial charge >= 0.3 is 0 Å². The van der Waals surface area contributed by atoms with Gasteiger partial charge in [0.1, 0.15) is 12.6 Å². The third kappa shape index (κ3) is 8.58. The molecule has 1 atom stereocenters. The Kier molecular flexibility index (Phi) is 12.7. The molecular formula is C32H39Cl2N3O6S. The van der Waals surface area contributed by atoms with Gasteiger partial charge in [-0.2, -0.15) is 0 Å². The van der Waals surface area contributed by atoms with Crippen LogP contribution < -0.4 is 19.1 Å². The minimum atomic E-state index is -4.30. The van der Waals surface area contributed by atoms with Crippen molar-refractivity contribution >= 4 is 50.7 Å². The zero-order chi connectivity index (χ0) is 32.4. The topological polar surface area (TPSA) is 105 Å². The first-order valence-corrected chi connectivity index (χ1v) is 16.5. The fraction of sp³-hybridized carbons (Fsp3) is 0.375. The largest absolute Gasteiger partial charge is 0.493 e. The molecule has 0 aliphatic rings. The highest BCUT2D eigenvalue weighted by Gasteiger charge is 2.34. The summed E-state index contributed by atoms with van der Waals surface area (Å²) in [5.74, 6) is -0.311. The van der Waals surface area contributed by atoms with Crippen molar-refractivity contribution in [2.75, 3.05) is 31.6 Å². The molecule has 2 amide bonds. The van der Waals surface area contributed by atoms with Crippen molar-refractivity contribution in [2.24, 2.45) is 0 Å². The van der Waals surface area contributed by atoms with Crippen LogP contribution in [-0.4, -0.2) is 58.5 Å². The highest BCUT2D eigenvalue weighted by Crippen LogP contribution is 2.33. The average molecular weight is 665 g/mol. The van der Waals surface area contributed by atoms with Gasteiger partial charge in [-0.1, -0.05) is 67.2 Å². The van der Waals surface area contributed by atoms with Crippen LogP contribution in [0.4, 0.5) is 5.69 Å². The summed E-state index contributed by atoms with van der Waals surface area (Å²) >= 11 is 12.4. The van der Waals surface area contributed by atoms with Gasteiger partial charge in [-0.05, 0) is 61.7 Å². The predicted octanol–water partition coefficient (Wildman–Crippen LogP) is 6.24. The van der Waals surface area contributed by atoms with Gasteiger partial charge in [-0.3, -0.25) is 13.9 Å². The molecule has 1 N–H and O–H groups in total. The molecule has 0 aliphatic heterocycles. The Balaban J connectivity index is 2.09. The number of sulfonamides is 1. The maximum absolute atomic E-state index is 14.2. The Labute approximate surface area is 270 Å². The number of hydrogen-bond donors (Lipinski definition) is 1. The molecule has 3 aromatic rings. The van der Waals surface area contributed by atoms with Gasteiger partial charge in [-0.15, -0.1) is 0 Å². The molecule has 0 spiro atoms.